The predicted molar refractivity (Wildman–Crippen MR) is 143 cm³/mol. The number of rotatable bonds is 15. The summed E-state index contributed by atoms with van der Waals surface area (Å²) >= 11 is 0. The van der Waals surface area contributed by atoms with Crippen LogP contribution in [0.4, 0.5) is 0 Å². The number of methoxy groups -OCH3 is 3. The lowest BCUT2D eigenvalue weighted by molar-refractivity contribution is -0.131. The van der Waals surface area contributed by atoms with Gasteiger partial charge in [-0.1, -0.05) is 30.3 Å². The fourth-order valence-corrected chi connectivity index (χ4v) is 3.97. The van der Waals surface area contributed by atoms with Gasteiger partial charge in [-0.25, -0.2) is 0 Å². The molecule has 0 fully saturated rings. The van der Waals surface area contributed by atoms with E-state index in [1.165, 1.54) is 33.5 Å². The largest absolute Gasteiger partial charge is 0.493 e. The van der Waals surface area contributed by atoms with Crippen LogP contribution < -0.4 is 31.0 Å². The molecule has 38 heavy (non-hydrogen) atoms. The van der Waals surface area contributed by atoms with Gasteiger partial charge in [-0.15, -0.1) is 0 Å². The van der Waals surface area contributed by atoms with Gasteiger partial charge in [0.1, 0.15) is 6.04 Å². The van der Waals surface area contributed by atoms with E-state index in [9.17, 15) is 14.4 Å². The van der Waals surface area contributed by atoms with Gasteiger partial charge in [0, 0.05) is 12.1 Å². The summed E-state index contributed by atoms with van der Waals surface area (Å²) in [6.07, 6.45) is 3.89. The van der Waals surface area contributed by atoms with E-state index in [-0.39, 0.29) is 41.7 Å². The van der Waals surface area contributed by atoms with Gasteiger partial charge in [-0.2, -0.15) is 0 Å². The number of nitrogens with one attached hydrogen (secondary N) is 2. The zero-order chi connectivity index (χ0) is 28.1. The number of hydrogen-bond donors (Lipinski definition) is 4. The molecule has 11 heteroatoms. The first-order valence-electron chi connectivity index (χ1n) is 12.2. The van der Waals surface area contributed by atoms with Crippen molar-refractivity contribution in [3.05, 3.63) is 53.6 Å². The SMILES string of the molecule is COc1cc(C(=O)N(C(=O)[C@H](N)CCCc2ccccc2)[C@H]([C]=O)CCCNC(=N)N)cc(OC)c1OC. The monoisotopic (exact) mass is 526 g/mol. The van der Waals surface area contributed by atoms with Crippen LogP contribution in [0.15, 0.2) is 42.5 Å². The second-order valence-electron chi connectivity index (χ2n) is 8.53. The Morgan fingerprint density at radius 2 is 1.66 bits per heavy atom. The Hall–Kier alpha value is -4.12. The number of imide groups is 1. The molecule has 0 aliphatic carbocycles. The van der Waals surface area contributed by atoms with Crippen LogP contribution in [0, 0.1) is 5.41 Å². The van der Waals surface area contributed by atoms with Crippen LogP contribution >= 0.6 is 0 Å². The molecule has 0 unspecified atom stereocenters. The lowest BCUT2D eigenvalue weighted by Gasteiger charge is -2.29. The number of nitrogens with two attached hydrogens (primary N) is 2. The van der Waals surface area contributed by atoms with Crippen molar-refractivity contribution in [1.29, 1.82) is 5.41 Å². The molecule has 0 saturated carbocycles. The number of hydrogen-bond acceptors (Lipinski definition) is 8. The first kappa shape index (κ1) is 30.1. The lowest BCUT2D eigenvalue weighted by Crippen LogP contribution is -2.52. The highest BCUT2D eigenvalue weighted by Gasteiger charge is 2.34. The third kappa shape index (κ3) is 8.20. The van der Waals surface area contributed by atoms with Gasteiger partial charge in [-0.05, 0) is 49.8 Å². The molecule has 0 aliphatic heterocycles. The second kappa shape index (κ2) is 15.2. The summed E-state index contributed by atoms with van der Waals surface area (Å²) in [5.41, 5.74) is 12.7. The van der Waals surface area contributed by atoms with Gasteiger partial charge in [0.25, 0.3) is 5.91 Å². The number of ether oxygens (including phenoxy) is 3. The Morgan fingerprint density at radius 1 is 1.03 bits per heavy atom. The summed E-state index contributed by atoms with van der Waals surface area (Å²) in [7, 11) is 4.24. The molecular weight excluding hydrogens is 490 g/mol. The molecule has 0 spiro atoms. The van der Waals surface area contributed by atoms with E-state index in [1.807, 2.05) is 36.6 Å². The van der Waals surface area contributed by atoms with E-state index >= 15 is 0 Å². The molecule has 6 N–H and O–H groups in total. The van der Waals surface area contributed by atoms with Gasteiger partial charge >= 0.3 is 0 Å². The van der Waals surface area contributed by atoms with Crippen molar-refractivity contribution in [2.24, 2.45) is 11.5 Å². The molecule has 0 bridgehead atoms. The van der Waals surface area contributed by atoms with E-state index in [0.717, 1.165) is 10.5 Å². The van der Waals surface area contributed by atoms with Gasteiger partial charge in [0.05, 0.1) is 27.4 Å². The first-order chi connectivity index (χ1) is 18.3. The predicted octanol–water partition coefficient (Wildman–Crippen LogP) is 1.77. The zero-order valence-corrected chi connectivity index (χ0v) is 22.0. The summed E-state index contributed by atoms with van der Waals surface area (Å²) in [6.45, 7) is 0.275. The molecule has 11 nitrogen and oxygen atoms in total. The van der Waals surface area contributed by atoms with Crippen molar-refractivity contribution in [2.75, 3.05) is 27.9 Å². The highest BCUT2D eigenvalue weighted by atomic mass is 16.5. The van der Waals surface area contributed by atoms with Crippen LogP contribution in [0.5, 0.6) is 17.2 Å². The number of benzene rings is 2. The Bertz CT molecular complexity index is 1070. The quantitative estimate of drug-likeness (QED) is 0.153. The topological polar surface area (TPSA) is 170 Å². The Morgan fingerprint density at radius 3 is 2.18 bits per heavy atom. The molecular formula is C27H36N5O6. The Labute approximate surface area is 222 Å². The van der Waals surface area contributed by atoms with Crippen molar-refractivity contribution >= 4 is 24.1 Å². The summed E-state index contributed by atoms with van der Waals surface area (Å²) in [5.74, 6) is -0.959. The van der Waals surface area contributed by atoms with Crippen LogP contribution in [0.2, 0.25) is 0 Å². The maximum absolute atomic E-state index is 13.7. The number of aryl methyl sites for hydroxylation is 1. The van der Waals surface area contributed by atoms with Crippen LogP contribution in [-0.2, 0) is 16.0 Å². The normalized spacial score (nSPS) is 12.1. The fourth-order valence-electron chi connectivity index (χ4n) is 3.97. The van der Waals surface area contributed by atoms with E-state index in [2.05, 4.69) is 5.32 Å². The Balaban J connectivity index is 2.33. The van der Waals surface area contributed by atoms with E-state index in [1.54, 1.807) is 0 Å². The van der Waals surface area contributed by atoms with Crippen molar-refractivity contribution in [3.63, 3.8) is 0 Å². The van der Waals surface area contributed by atoms with E-state index < -0.39 is 23.9 Å². The molecule has 1 radical (unpaired) electrons. The first-order valence-corrected chi connectivity index (χ1v) is 12.2. The number of guanidine groups is 1. The van der Waals surface area contributed by atoms with Crippen LogP contribution in [0.3, 0.4) is 0 Å². The summed E-state index contributed by atoms with van der Waals surface area (Å²) in [5, 5.41) is 9.91. The average Bonchev–Trinajstić information content (AvgIpc) is 2.93. The highest BCUT2D eigenvalue weighted by molar-refractivity contribution is 6.08. The summed E-state index contributed by atoms with van der Waals surface area (Å²) < 4.78 is 16.0. The smallest absolute Gasteiger partial charge is 0.261 e. The molecule has 2 amide bonds. The fraction of sp³-hybridized carbons (Fsp3) is 0.407. The maximum Gasteiger partial charge on any atom is 0.261 e. The second-order valence-corrected chi connectivity index (χ2v) is 8.53. The average molecular weight is 527 g/mol. The molecule has 205 valence electrons. The molecule has 2 aromatic rings. The minimum Gasteiger partial charge on any atom is -0.493 e. The molecule has 2 rings (SSSR count). The minimum atomic E-state index is -1.21. The zero-order valence-electron chi connectivity index (χ0n) is 22.0. The van der Waals surface area contributed by atoms with Crippen LogP contribution in [-0.4, -0.2) is 68.9 Å². The van der Waals surface area contributed by atoms with Gasteiger partial charge in [-0.3, -0.25) is 24.7 Å². The summed E-state index contributed by atoms with van der Waals surface area (Å²) in [4.78, 5) is 40.1. The minimum absolute atomic E-state index is 0.0476. The molecule has 2 atom stereocenters. The Kier molecular flexibility index (Phi) is 12.0. The third-order valence-corrected chi connectivity index (χ3v) is 5.93. The van der Waals surface area contributed by atoms with E-state index in [4.69, 9.17) is 31.1 Å². The van der Waals surface area contributed by atoms with Crippen molar-refractivity contribution in [3.8, 4) is 17.2 Å². The molecule has 0 aromatic heterocycles. The van der Waals surface area contributed by atoms with Crippen molar-refractivity contribution in [1.82, 2.24) is 10.2 Å². The molecule has 2 aromatic carbocycles. The number of carbonyl (C=O) groups excluding carboxylic acids is 3. The van der Waals surface area contributed by atoms with Crippen LogP contribution in [0.25, 0.3) is 0 Å². The third-order valence-electron chi connectivity index (χ3n) is 5.93. The summed E-state index contributed by atoms with van der Waals surface area (Å²) in [6, 6.07) is 10.4. The van der Waals surface area contributed by atoms with Gasteiger partial charge < -0.3 is 31.0 Å². The number of carbonyl (C=O) groups is 2. The number of amides is 2. The molecule has 0 aliphatic rings. The molecule has 0 heterocycles. The number of nitrogens with zero attached hydrogens (tertiary/aromatic N) is 1. The van der Waals surface area contributed by atoms with Gasteiger partial charge in [0.2, 0.25) is 17.9 Å². The maximum atomic E-state index is 13.7. The van der Waals surface area contributed by atoms with Gasteiger partial charge in [0.15, 0.2) is 17.5 Å². The highest BCUT2D eigenvalue weighted by Crippen LogP contribution is 2.38. The van der Waals surface area contributed by atoms with E-state index in [0.29, 0.717) is 25.7 Å². The van der Waals surface area contributed by atoms with Crippen molar-refractivity contribution < 1.29 is 28.6 Å². The van der Waals surface area contributed by atoms with Crippen LogP contribution in [0.1, 0.15) is 41.6 Å². The standard InChI is InChI=1S/C27H36N5O6/c1-36-22-15-19(16-23(37-2)24(22)38-3)25(34)32(20(17-33)12-8-14-31-27(29)30)26(35)21(28)13-7-11-18-9-5-4-6-10-18/h4-6,9-10,15-16,20-21H,7-8,11-14,28H2,1-3H3,(H4,29,30,31)/t20-,21+/m0/s1. The lowest BCUT2D eigenvalue weighted by atomic mass is 10.0. The van der Waals surface area contributed by atoms with Crippen molar-refractivity contribution in [2.45, 2.75) is 44.2 Å². The molecule has 0 saturated heterocycles.